The molecule has 0 bridgehead atoms. The predicted molar refractivity (Wildman–Crippen MR) is 71.4 cm³/mol. The van der Waals surface area contributed by atoms with E-state index < -0.39 is 0 Å². The zero-order chi connectivity index (χ0) is 13.0. The van der Waals surface area contributed by atoms with Gasteiger partial charge in [-0.05, 0) is 12.1 Å². The number of thioether (sulfide) groups is 1. The Morgan fingerprint density at radius 3 is 3.00 bits per heavy atom. The second-order valence-corrected chi connectivity index (χ2v) is 5.04. The van der Waals surface area contributed by atoms with E-state index >= 15 is 0 Å². The summed E-state index contributed by atoms with van der Waals surface area (Å²) in [5.41, 5.74) is 1.67. The van der Waals surface area contributed by atoms with Crippen LogP contribution < -0.4 is 0 Å². The standard InChI is InChI=1S/C13H15NO3S/c1-9(13(15)16-2)7-18-8-12-14-10-5-3-4-6-11(10)17-12/h3-6,9H,7-8H2,1-2H3. The molecule has 1 atom stereocenters. The van der Waals surface area contributed by atoms with Crippen molar-refractivity contribution in [1.29, 1.82) is 0 Å². The number of hydrogen-bond acceptors (Lipinski definition) is 5. The van der Waals surface area contributed by atoms with Crippen molar-refractivity contribution in [2.75, 3.05) is 12.9 Å². The molecule has 4 nitrogen and oxygen atoms in total. The number of rotatable bonds is 5. The summed E-state index contributed by atoms with van der Waals surface area (Å²) >= 11 is 1.62. The number of benzene rings is 1. The van der Waals surface area contributed by atoms with Gasteiger partial charge in [-0.25, -0.2) is 4.98 Å². The van der Waals surface area contributed by atoms with Gasteiger partial charge in [0.25, 0.3) is 0 Å². The third-order valence-electron chi connectivity index (χ3n) is 2.54. The molecule has 0 N–H and O–H groups in total. The highest BCUT2D eigenvalue weighted by molar-refractivity contribution is 7.98. The van der Waals surface area contributed by atoms with Crippen LogP contribution in [-0.4, -0.2) is 23.8 Å². The van der Waals surface area contributed by atoms with E-state index in [4.69, 9.17) is 4.42 Å². The van der Waals surface area contributed by atoms with Gasteiger partial charge in [-0.15, -0.1) is 0 Å². The predicted octanol–water partition coefficient (Wildman–Crippen LogP) is 2.87. The summed E-state index contributed by atoms with van der Waals surface area (Å²) in [6.45, 7) is 1.85. The van der Waals surface area contributed by atoms with Gasteiger partial charge in [0.1, 0.15) is 5.52 Å². The highest BCUT2D eigenvalue weighted by Crippen LogP contribution is 2.20. The zero-order valence-electron chi connectivity index (χ0n) is 10.4. The number of nitrogens with zero attached hydrogens (tertiary/aromatic N) is 1. The second-order valence-electron chi connectivity index (χ2n) is 4.01. The average Bonchev–Trinajstić information content (AvgIpc) is 2.80. The number of methoxy groups -OCH3 is 1. The van der Waals surface area contributed by atoms with E-state index in [9.17, 15) is 4.79 Å². The fourth-order valence-corrected chi connectivity index (χ4v) is 2.48. The first kappa shape index (κ1) is 13.0. The van der Waals surface area contributed by atoms with Crippen molar-refractivity contribution in [2.45, 2.75) is 12.7 Å². The smallest absolute Gasteiger partial charge is 0.309 e. The highest BCUT2D eigenvalue weighted by Gasteiger charge is 2.13. The van der Waals surface area contributed by atoms with E-state index in [0.717, 1.165) is 11.1 Å². The van der Waals surface area contributed by atoms with Gasteiger partial charge >= 0.3 is 5.97 Å². The second kappa shape index (κ2) is 5.91. The zero-order valence-corrected chi connectivity index (χ0v) is 11.2. The summed E-state index contributed by atoms with van der Waals surface area (Å²) < 4.78 is 10.3. The largest absolute Gasteiger partial charge is 0.469 e. The molecule has 0 saturated heterocycles. The Balaban J connectivity index is 1.88. The molecule has 1 heterocycles. The number of ether oxygens (including phenoxy) is 1. The van der Waals surface area contributed by atoms with Crippen molar-refractivity contribution in [3.05, 3.63) is 30.2 Å². The number of carbonyl (C=O) groups is 1. The highest BCUT2D eigenvalue weighted by atomic mass is 32.2. The Morgan fingerprint density at radius 1 is 1.50 bits per heavy atom. The third kappa shape index (κ3) is 3.04. The summed E-state index contributed by atoms with van der Waals surface area (Å²) in [6, 6.07) is 7.67. The van der Waals surface area contributed by atoms with Crippen LogP contribution in [0.2, 0.25) is 0 Å². The molecule has 0 radical (unpaired) electrons. The lowest BCUT2D eigenvalue weighted by molar-refractivity contribution is -0.143. The minimum atomic E-state index is -0.180. The van der Waals surface area contributed by atoms with Gasteiger partial charge in [0.15, 0.2) is 5.58 Å². The van der Waals surface area contributed by atoms with E-state index in [-0.39, 0.29) is 11.9 Å². The normalized spacial score (nSPS) is 12.6. The van der Waals surface area contributed by atoms with Gasteiger partial charge in [0.2, 0.25) is 5.89 Å². The molecule has 0 aliphatic carbocycles. The molecule has 0 aliphatic rings. The van der Waals surface area contributed by atoms with Crippen molar-refractivity contribution >= 4 is 28.8 Å². The molecule has 0 saturated carbocycles. The first-order valence-electron chi connectivity index (χ1n) is 5.70. The maximum Gasteiger partial charge on any atom is 0.309 e. The molecule has 18 heavy (non-hydrogen) atoms. The number of oxazole rings is 1. The van der Waals surface area contributed by atoms with Crippen molar-refractivity contribution in [3.63, 3.8) is 0 Å². The Kier molecular flexibility index (Phi) is 4.25. The van der Waals surface area contributed by atoms with Gasteiger partial charge in [-0.1, -0.05) is 19.1 Å². The number of carbonyl (C=O) groups excluding carboxylic acids is 1. The summed E-state index contributed by atoms with van der Waals surface area (Å²) in [7, 11) is 1.41. The molecule has 1 aromatic carbocycles. The molecule has 2 rings (SSSR count). The summed E-state index contributed by atoms with van der Waals surface area (Å²) in [5, 5.41) is 0. The van der Waals surface area contributed by atoms with E-state index in [1.54, 1.807) is 11.8 Å². The van der Waals surface area contributed by atoms with E-state index in [2.05, 4.69) is 9.72 Å². The van der Waals surface area contributed by atoms with Crippen LogP contribution in [0.15, 0.2) is 28.7 Å². The van der Waals surface area contributed by atoms with Gasteiger partial charge in [0.05, 0.1) is 18.8 Å². The Labute approximate surface area is 110 Å². The minimum absolute atomic E-state index is 0.107. The van der Waals surface area contributed by atoms with Crippen LogP contribution in [0.25, 0.3) is 11.1 Å². The number of para-hydroxylation sites is 2. The molecule has 0 spiro atoms. The lowest BCUT2D eigenvalue weighted by Gasteiger charge is -2.06. The van der Waals surface area contributed by atoms with Gasteiger partial charge in [-0.3, -0.25) is 4.79 Å². The van der Waals surface area contributed by atoms with E-state index in [1.807, 2.05) is 31.2 Å². The molecule has 0 amide bonds. The summed E-state index contributed by atoms with van der Waals surface area (Å²) in [5.74, 6) is 1.77. The lowest BCUT2D eigenvalue weighted by Crippen LogP contribution is -2.14. The van der Waals surface area contributed by atoms with Gasteiger partial charge in [0, 0.05) is 5.75 Å². The summed E-state index contributed by atoms with van der Waals surface area (Å²) in [4.78, 5) is 15.6. The summed E-state index contributed by atoms with van der Waals surface area (Å²) in [6.07, 6.45) is 0. The maximum atomic E-state index is 11.2. The van der Waals surface area contributed by atoms with Crippen molar-refractivity contribution in [1.82, 2.24) is 4.98 Å². The number of aromatic nitrogens is 1. The van der Waals surface area contributed by atoms with Crippen LogP contribution in [0.5, 0.6) is 0 Å². The number of esters is 1. The monoisotopic (exact) mass is 265 g/mol. The van der Waals surface area contributed by atoms with Crippen molar-refractivity contribution in [2.24, 2.45) is 5.92 Å². The van der Waals surface area contributed by atoms with Gasteiger partial charge in [-0.2, -0.15) is 11.8 Å². The molecule has 1 aromatic heterocycles. The van der Waals surface area contributed by atoms with E-state index in [0.29, 0.717) is 17.4 Å². The quantitative estimate of drug-likeness (QED) is 0.778. The van der Waals surface area contributed by atoms with E-state index in [1.165, 1.54) is 7.11 Å². The number of fused-ring (bicyclic) bond motifs is 1. The lowest BCUT2D eigenvalue weighted by atomic mass is 10.2. The molecule has 0 fully saturated rings. The maximum absolute atomic E-state index is 11.2. The fourth-order valence-electron chi connectivity index (χ4n) is 1.57. The Bertz CT molecular complexity index is 505. The van der Waals surface area contributed by atoms with Crippen LogP contribution in [0, 0.1) is 5.92 Å². The van der Waals surface area contributed by atoms with Crippen LogP contribution in [0.1, 0.15) is 12.8 Å². The van der Waals surface area contributed by atoms with Crippen LogP contribution in [0.4, 0.5) is 0 Å². The first-order valence-corrected chi connectivity index (χ1v) is 6.86. The molecule has 0 aliphatic heterocycles. The average molecular weight is 265 g/mol. The third-order valence-corrected chi connectivity index (χ3v) is 3.72. The van der Waals surface area contributed by atoms with Crippen molar-refractivity contribution in [3.8, 4) is 0 Å². The number of hydrogen-bond donors (Lipinski definition) is 0. The molecular formula is C13H15NO3S. The SMILES string of the molecule is COC(=O)C(C)CSCc1nc2ccccc2o1. The van der Waals surface area contributed by atoms with Crippen LogP contribution >= 0.6 is 11.8 Å². The molecule has 96 valence electrons. The van der Waals surface area contributed by atoms with Gasteiger partial charge < -0.3 is 9.15 Å². The molecule has 5 heteroatoms. The minimum Gasteiger partial charge on any atom is -0.469 e. The van der Waals surface area contributed by atoms with Crippen LogP contribution in [-0.2, 0) is 15.3 Å². The Hall–Kier alpha value is -1.49. The first-order chi connectivity index (χ1) is 8.70. The van der Waals surface area contributed by atoms with Crippen LogP contribution in [0.3, 0.4) is 0 Å². The van der Waals surface area contributed by atoms with Crippen molar-refractivity contribution < 1.29 is 13.9 Å². The Morgan fingerprint density at radius 2 is 2.28 bits per heavy atom. The molecule has 2 aromatic rings. The fraction of sp³-hybridized carbons (Fsp3) is 0.385. The topological polar surface area (TPSA) is 52.3 Å². The molecular weight excluding hydrogens is 250 g/mol. The molecule has 1 unspecified atom stereocenters.